The van der Waals surface area contributed by atoms with Gasteiger partial charge in [-0.15, -0.1) is 0 Å². The third-order valence-electron chi connectivity index (χ3n) is 3.64. The predicted molar refractivity (Wildman–Crippen MR) is 72.2 cm³/mol. The topological polar surface area (TPSA) is 51.5 Å². The highest BCUT2D eigenvalue weighted by Crippen LogP contribution is 2.27. The molecule has 1 aliphatic rings. The number of amides is 1. The largest absolute Gasteiger partial charge is 0.448 e. The highest BCUT2D eigenvalue weighted by Gasteiger charge is 2.21. The Kier molecular flexibility index (Phi) is 3.44. The summed E-state index contributed by atoms with van der Waals surface area (Å²) in [5, 5.41) is 3.41. The van der Waals surface area contributed by atoms with E-state index in [2.05, 4.69) is 5.32 Å². The Bertz CT molecular complexity index is 644. The monoisotopic (exact) mass is 277 g/mol. The van der Waals surface area contributed by atoms with Crippen molar-refractivity contribution in [2.24, 2.45) is 0 Å². The van der Waals surface area contributed by atoms with Crippen LogP contribution < -0.4 is 5.32 Å². The maximum absolute atomic E-state index is 13.6. The number of furan rings is 1. The number of fused-ring (bicyclic) bond motifs is 1. The van der Waals surface area contributed by atoms with E-state index in [1.54, 1.807) is 19.1 Å². The van der Waals surface area contributed by atoms with Gasteiger partial charge in [0.2, 0.25) is 0 Å². The zero-order valence-electron chi connectivity index (χ0n) is 11.2. The fourth-order valence-corrected chi connectivity index (χ4v) is 2.52. The normalized spacial score (nSPS) is 18.6. The first kappa shape index (κ1) is 13.1. The van der Waals surface area contributed by atoms with Gasteiger partial charge in [-0.3, -0.25) is 4.79 Å². The number of nitrogens with one attached hydrogen (secondary N) is 1. The van der Waals surface area contributed by atoms with Gasteiger partial charge in [0.1, 0.15) is 0 Å². The molecule has 1 saturated heterocycles. The summed E-state index contributed by atoms with van der Waals surface area (Å²) in [6, 6.07) is 4.67. The van der Waals surface area contributed by atoms with Gasteiger partial charge in [0.05, 0.1) is 6.10 Å². The third kappa shape index (κ3) is 2.29. The minimum Gasteiger partial charge on any atom is -0.448 e. The summed E-state index contributed by atoms with van der Waals surface area (Å²) in [7, 11) is 0. The van der Waals surface area contributed by atoms with E-state index in [-0.39, 0.29) is 23.4 Å². The van der Waals surface area contributed by atoms with Crippen LogP contribution in [0.1, 0.15) is 29.0 Å². The maximum atomic E-state index is 13.6. The first-order valence-corrected chi connectivity index (χ1v) is 6.74. The van der Waals surface area contributed by atoms with Crippen LogP contribution in [-0.4, -0.2) is 25.2 Å². The average Bonchev–Trinajstić information content (AvgIpc) is 3.06. The number of carbonyl (C=O) groups excluding carboxylic acids is 1. The molecular weight excluding hydrogens is 261 g/mol. The molecule has 0 saturated carbocycles. The molecule has 1 atom stereocenters. The Morgan fingerprint density at radius 1 is 1.50 bits per heavy atom. The number of ether oxygens (including phenoxy) is 1. The number of aryl methyl sites for hydroxylation is 1. The maximum Gasteiger partial charge on any atom is 0.287 e. The molecule has 2 aromatic rings. The van der Waals surface area contributed by atoms with Crippen molar-refractivity contribution in [3.8, 4) is 0 Å². The van der Waals surface area contributed by atoms with E-state index in [0.717, 1.165) is 19.4 Å². The van der Waals surface area contributed by atoms with Crippen LogP contribution in [0.25, 0.3) is 11.0 Å². The first-order valence-electron chi connectivity index (χ1n) is 6.74. The second-order valence-corrected chi connectivity index (χ2v) is 5.02. The Morgan fingerprint density at radius 3 is 3.05 bits per heavy atom. The zero-order chi connectivity index (χ0) is 14.1. The van der Waals surface area contributed by atoms with E-state index in [4.69, 9.17) is 9.15 Å². The molecule has 1 amide bonds. The minimum absolute atomic E-state index is 0.0698. The van der Waals surface area contributed by atoms with E-state index in [1.165, 1.54) is 6.07 Å². The molecule has 1 aliphatic heterocycles. The van der Waals surface area contributed by atoms with Crippen molar-refractivity contribution in [3.63, 3.8) is 0 Å². The zero-order valence-corrected chi connectivity index (χ0v) is 11.2. The fraction of sp³-hybridized carbons (Fsp3) is 0.400. The van der Waals surface area contributed by atoms with Crippen molar-refractivity contribution < 1.29 is 18.3 Å². The van der Waals surface area contributed by atoms with Gasteiger partial charge in [0.15, 0.2) is 17.2 Å². The molecule has 0 spiro atoms. The van der Waals surface area contributed by atoms with Gasteiger partial charge in [-0.05, 0) is 25.8 Å². The van der Waals surface area contributed by atoms with E-state index < -0.39 is 5.82 Å². The van der Waals surface area contributed by atoms with Crippen molar-refractivity contribution in [2.45, 2.75) is 25.9 Å². The summed E-state index contributed by atoms with van der Waals surface area (Å²) < 4.78 is 24.4. The first-order chi connectivity index (χ1) is 9.66. The standard InChI is InChI=1S/C15H16FNO3/c1-9-11-5-2-6-12(16)14(11)20-13(9)15(18)17-8-10-4-3-7-19-10/h2,5-6,10H,3-4,7-8H2,1H3,(H,17,18). The predicted octanol–water partition coefficient (Wildman–Crippen LogP) is 2.79. The van der Waals surface area contributed by atoms with Crippen LogP contribution in [0.4, 0.5) is 4.39 Å². The van der Waals surface area contributed by atoms with E-state index >= 15 is 0 Å². The fourth-order valence-electron chi connectivity index (χ4n) is 2.52. The van der Waals surface area contributed by atoms with Crippen LogP contribution in [0, 0.1) is 12.7 Å². The molecule has 4 nitrogen and oxygen atoms in total. The average molecular weight is 277 g/mol. The molecule has 1 aromatic heterocycles. The number of hydrogen-bond acceptors (Lipinski definition) is 3. The summed E-state index contributed by atoms with van der Waals surface area (Å²) in [6.07, 6.45) is 2.05. The molecule has 2 heterocycles. The Morgan fingerprint density at radius 2 is 2.35 bits per heavy atom. The van der Waals surface area contributed by atoms with Crippen LogP contribution in [-0.2, 0) is 4.74 Å². The van der Waals surface area contributed by atoms with E-state index in [0.29, 0.717) is 17.5 Å². The lowest BCUT2D eigenvalue weighted by atomic mass is 10.1. The molecule has 5 heteroatoms. The Balaban J connectivity index is 1.80. The molecule has 0 bridgehead atoms. The molecule has 3 rings (SSSR count). The highest BCUT2D eigenvalue weighted by atomic mass is 19.1. The lowest BCUT2D eigenvalue weighted by molar-refractivity contribution is 0.0836. The summed E-state index contributed by atoms with van der Waals surface area (Å²) in [5.41, 5.74) is 0.789. The summed E-state index contributed by atoms with van der Waals surface area (Å²) >= 11 is 0. The van der Waals surface area contributed by atoms with Crippen LogP contribution in [0.5, 0.6) is 0 Å². The van der Waals surface area contributed by atoms with Gasteiger partial charge in [-0.1, -0.05) is 12.1 Å². The second kappa shape index (κ2) is 5.25. The molecule has 1 fully saturated rings. The molecule has 0 aliphatic carbocycles. The van der Waals surface area contributed by atoms with Crippen LogP contribution >= 0.6 is 0 Å². The van der Waals surface area contributed by atoms with Crippen LogP contribution in [0.15, 0.2) is 22.6 Å². The van der Waals surface area contributed by atoms with Gasteiger partial charge in [0, 0.05) is 24.1 Å². The molecule has 1 aromatic carbocycles. The van der Waals surface area contributed by atoms with Crippen molar-refractivity contribution in [1.82, 2.24) is 5.32 Å². The summed E-state index contributed by atoms with van der Waals surface area (Å²) in [5.74, 6) is -0.611. The lowest BCUT2D eigenvalue weighted by Gasteiger charge is -2.09. The van der Waals surface area contributed by atoms with E-state index in [1.807, 2.05) is 0 Å². The number of rotatable bonds is 3. The van der Waals surface area contributed by atoms with Gasteiger partial charge in [-0.25, -0.2) is 4.39 Å². The minimum atomic E-state index is -0.455. The molecule has 1 N–H and O–H groups in total. The smallest absolute Gasteiger partial charge is 0.287 e. The Hall–Kier alpha value is -1.88. The van der Waals surface area contributed by atoms with Gasteiger partial charge < -0.3 is 14.5 Å². The van der Waals surface area contributed by atoms with Gasteiger partial charge in [-0.2, -0.15) is 0 Å². The quantitative estimate of drug-likeness (QED) is 0.938. The van der Waals surface area contributed by atoms with Gasteiger partial charge in [0.25, 0.3) is 5.91 Å². The van der Waals surface area contributed by atoms with Crippen molar-refractivity contribution in [1.29, 1.82) is 0 Å². The summed E-state index contributed by atoms with van der Waals surface area (Å²) in [6.45, 7) is 2.96. The summed E-state index contributed by atoms with van der Waals surface area (Å²) in [4.78, 5) is 12.1. The lowest BCUT2D eigenvalue weighted by Crippen LogP contribution is -2.31. The number of benzene rings is 1. The van der Waals surface area contributed by atoms with Crippen LogP contribution in [0.3, 0.4) is 0 Å². The SMILES string of the molecule is Cc1c(C(=O)NCC2CCCO2)oc2c(F)cccc12. The van der Waals surface area contributed by atoms with Crippen molar-refractivity contribution in [3.05, 3.63) is 35.3 Å². The van der Waals surface area contributed by atoms with E-state index in [9.17, 15) is 9.18 Å². The second-order valence-electron chi connectivity index (χ2n) is 5.02. The van der Waals surface area contributed by atoms with Crippen molar-refractivity contribution in [2.75, 3.05) is 13.2 Å². The molecule has 0 radical (unpaired) electrons. The molecule has 20 heavy (non-hydrogen) atoms. The highest BCUT2D eigenvalue weighted by molar-refractivity contribution is 5.99. The van der Waals surface area contributed by atoms with Gasteiger partial charge >= 0.3 is 0 Å². The third-order valence-corrected chi connectivity index (χ3v) is 3.64. The number of carbonyl (C=O) groups is 1. The van der Waals surface area contributed by atoms with Crippen molar-refractivity contribution >= 4 is 16.9 Å². The molecule has 1 unspecified atom stereocenters. The van der Waals surface area contributed by atoms with Crippen LogP contribution in [0.2, 0.25) is 0 Å². The molecular formula is C15H16FNO3. The number of halogens is 1. The number of hydrogen-bond donors (Lipinski definition) is 1. The Labute approximate surface area is 115 Å². The number of para-hydroxylation sites is 1. The molecule has 106 valence electrons.